The van der Waals surface area contributed by atoms with Crippen molar-refractivity contribution in [3.05, 3.63) is 34.9 Å². The lowest BCUT2D eigenvalue weighted by molar-refractivity contribution is -0.136. The number of aromatic nitrogens is 4. The standard InChI is InChI=1S/C18H23N5O/c24-18(13-4-10-23-14(11-13)3-7-19-23)22-8-5-15-16(6-9-22)20-21-17(15)12-1-2-12/h3,7,12-13H,1-2,4-6,8-11H2,(H,20,21). The minimum absolute atomic E-state index is 0.117. The minimum atomic E-state index is 0.117. The normalized spacial score (nSPS) is 23.5. The Kier molecular flexibility index (Phi) is 3.24. The second kappa shape index (κ2) is 5.46. The molecule has 2 aliphatic heterocycles. The van der Waals surface area contributed by atoms with E-state index in [2.05, 4.69) is 20.2 Å². The lowest BCUT2D eigenvalue weighted by Crippen LogP contribution is -2.40. The summed E-state index contributed by atoms with van der Waals surface area (Å²) in [7, 11) is 0. The van der Waals surface area contributed by atoms with E-state index in [4.69, 9.17) is 0 Å². The first-order chi connectivity index (χ1) is 11.8. The van der Waals surface area contributed by atoms with Crippen LogP contribution in [-0.4, -0.2) is 43.9 Å². The van der Waals surface area contributed by atoms with E-state index in [1.54, 1.807) is 0 Å². The van der Waals surface area contributed by atoms with Crippen molar-refractivity contribution >= 4 is 5.91 Å². The van der Waals surface area contributed by atoms with Gasteiger partial charge in [0.25, 0.3) is 0 Å². The van der Waals surface area contributed by atoms with Crippen LogP contribution < -0.4 is 0 Å². The molecule has 0 radical (unpaired) electrons. The molecular formula is C18H23N5O. The highest BCUT2D eigenvalue weighted by Crippen LogP contribution is 2.41. The fourth-order valence-electron chi connectivity index (χ4n) is 4.26. The molecular weight excluding hydrogens is 302 g/mol. The Bertz CT molecular complexity index is 772. The molecule has 1 amide bonds. The Balaban J connectivity index is 1.29. The zero-order valence-electron chi connectivity index (χ0n) is 13.9. The van der Waals surface area contributed by atoms with Crippen LogP contribution >= 0.6 is 0 Å². The summed E-state index contributed by atoms with van der Waals surface area (Å²) >= 11 is 0. The van der Waals surface area contributed by atoms with E-state index in [-0.39, 0.29) is 5.92 Å². The Morgan fingerprint density at radius 3 is 2.92 bits per heavy atom. The molecule has 4 heterocycles. The van der Waals surface area contributed by atoms with Crippen molar-refractivity contribution in [3.63, 3.8) is 0 Å². The van der Waals surface area contributed by atoms with Gasteiger partial charge in [-0.25, -0.2) is 0 Å². The van der Waals surface area contributed by atoms with Crippen molar-refractivity contribution in [2.24, 2.45) is 5.92 Å². The van der Waals surface area contributed by atoms with Gasteiger partial charge in [0.2, 0.25) is 5.91 Å². The van der Waals surface area contributed by atoms with Crippen molar-refractivity contribution in [1.29, 1.82) is 0 Å². The number of rotatable bonds is 2. The summed E-state index contributed by atoms with van der Waals surface area (Å²) in [4.78, 5) is 15.1. The number of nitrogens with zero attached hydrogens (tertiary/aromatic N) is 4. The van der Waals surface area contributed by atoms with Gasteiger partial charge >= 0.3 is 0 Å². The number of hydrogen-bond donors (Lipinski definition) is 1. The van der Waals surface area contributed by atoms with Gasteiger partial charge in [-0.15, -0.1) is 0 Å². The molecule has 126 valence electrons. The van der Waals surface area contributed by atoms with Crippen LogP contribution in [-0.2, 0) is 30.6 Å². The zero-order valence-corrected chi connectivity index (χ0v) is 13.9. The lowest BCUT2D eigenvalue weighted by atomic mass is 9.94. The Hall–Kier alpha value is -2.11. The summed E-state index contributed by atoms with van der Waals surface area (Å²) in [6, 6.07) is 2.04. The van der Waals surface area contributed by atoms with Crippen LogP contribution in [0.1, 0.15) is 47.8 Å². The molecule has 2 aromatic heterocycles. The zero-order chi connectivity index (χ0) is 16.1. The summed E-state index contributed by atoms with van der Waals surface area (Å²) in [5, 5.41) is 12.1. The molecule has 5 rings (SSSR count). The topological polar surface area (TPSA) is 66.8 Å². The fourth-order valence-corrected chi connectivity index (χ4v) is 4.26. The van der Waals surface area contributed by atoms with Gasteiger partial charge in [-0.2, -0.15) is 10.2 Å². The molecule has 1 saturated carbocycles. The van der Waals surface area contributed by atoms with E-state index in [1.807, 2.05) is 16.9 Å². The molecule has 0 bridgehead atoms. The lowest BCUT2D eigenvalue weighted by Gasteiger charge is -2.29. The number of carbonyl (C=O) groups is 1. The smallest absolute Gasteiger partial charge is 0.226 e. The summed E-state index contributed by atoms with van der Waals surface area (Å²) in [5.41, 5.74) is 5.13. The molecule has 1 aliphatic carbocycles. The van der Waals surface area contributed by atoms with E-state index >= 15 is 0 Å². The molecule has 0 aromatic carbocycles. The maximum absolute atomic E-state index is 13.0. The number of hydrogen-bond acceptors (Lipinski definition) is 3. The van der Waals surface area contributed by atoms with Crippen molar-refractivity contribution < 1.29 is 4.79 Å². The third kappa shape index (κ3) is 2.36. The summed E-state index contributed by atoms with van der Waals surface area (Å²) in [6.45, 7) is 2.51. The van der Waals surface area contributed by atoms with Gasteiger partial charge in [-0.3, -0.25) is 14.6 Å². The summed E-state index contributed by atoms with van der Waals surface area (Å²) in [5.74, 6) is 1.12. The van der Waals surface area contributed by atoms with Gasteiger partial charge in [0.1, 0.15) is 0 Å². The molecule has 0 spiro atoms. The molecule has 3 aliphatic rings. The number of carbonyl (C=O) groups excluding carboxylic acids is 1. The van der Waals surface area contributed by atoms with Crippen LogP contribution in [0.25, 0.3) is 0 Å². The maximum Gasteiger partial charge on any atom is 0.226 e. The van der Waals surface area contributed by atoms with Crippen molar-refractivity contribution in [2.45, 2.75) is 51.0 Å². The number of H-pyrrole nitrogens is 1. The van der Waals surface area contributed by atoms with E-state index in [0.29, 0.717) is 11.8 Å². The molecule has 1 atom stereocenters. The van der Waals surface area contributed by atoms with Crippen LogP contribution in [0.2, 0.25) is 0 Å². The number of fused-ring (bicyclic) bond motifs is 2. The molecule has 2 aromatic rings. The van der Waals surface area contributed by atoms with Gasteiger partial charge in [0, 0.05) is 61.9 Å². The van der Waals surface area contributed by atoms with Gasteiger partial charge in [-0.05, 0) is 37.3 Å². The third-order valence-electron chi connectivity index (χ3n) is 5.82. The summed E-state index contributed by atoms with van der Waals surface area (Å²) < 4.78 is 2.03. The molecule has 24 heavy (non-hydrogen) atoms. The monoisotopic (exact) mass is 325 g/mol. The van der Waals surface area contributed by atoms with Gasteiger partial charge < -0.3 is 4.90 Å². The molecule has 0 saturated heterocycles. The number of nitrogens with one attached hydrogen (secondary N) is 1. The van der Waals surface area contributed by atoms with Crippen LogP contribution in [0.3, 0.4) is 0 Å². The van der Waals surface area contributed by atoms with Crippen LogP contribution in [0.4, 0.5) is 0 Å². The van der Waals surface area contributed by atoms with E-state index in [1.165, 1.54) is 35.5 Å². The fraction of sp³-hybridized carbons (Fsp3) is 0.611. The van der Waals surface area contributed by atoms with E-state index in [9.17, 15) is 4.79 Å². The van der Waals surface area contributed by atoms with Crippen molar-refractivity contribution in [1.82, 2.24) is 24.9 Å². The third-order valence-corrected chi connectivity index (χ3v) is 5.82. The largest absolute Gasteiger partial charge is 0.342 e. The van der Waals surface area contributed by atoms with Gasteiger partial charge in [0.15, 0.2) is 0 Å². The average Bonchev–Trinajstić information content (AvgIpc) is 3.27. The van der Waals surface area contributed by atoms with Crippen molar-refractivity contribution in [3.8, 4) is 0 Å². The second-order valence-electron chi connectivity index (χ2n) is 7.40. The predicted molar refractivity (Wildman–Crippen MR) is 88.6 cm³/mol. The Morgan fingerprint density at radius 1 is 1.17 bits per heavy atom. The quantitative estimate of drug-likeness (QED) is 0.913. The summed E-state index contributed by atoms with van der Waals surface area (Å²) in [6.07, 6.45) is 7.98. The van der Waals surface area contributed by atoms with Gasteiger partial charge in [-0.1, -0.05) is 0 Å². The van der Waals surface area contributed by atoms with Crippen LogP contribution in [0.15, 0.2) is 12.3 Å². The van der Waals surface area contributed by atoms with Gasteiger partial charge in [0.05, 0.1) is 5.69 Å². The van der Waals surface area contributed by atoms with Crippen molar-refractivity contribution in [2.75, 3.05) is 13.1 Å². The maximum atomic E-state index is 13.0. The predicted octanol–water partition coefficient (Wildman–Crippen LogP) is 1.67. The Labute approximate surface area is 141 Å². The first-order valence-electron chi connectivity index (χ1n) is 9.15. The minimum Gasteiger partial charge on any atom is -0.342 e. The van der Waals surface area contributed by atoms with E-state index in [0.717, 1.165) is 45.3 Å². The molecule has 6 heteroatoms. The first kappa shape index (κ1) is 14.3. The SMILES string of the molecule is O=C(C1CCn2nccc2C1)N1CCc2[nH]nc(C3CC3)c2CC1. The highest BCUT2D eigenvalue weighted by atomic mass is 16.2. The number of amides is 1. The number of aromatic amines is 1. The molecule has 1 unspecified atom stereocenters. The molecule has 6 nitrogen and oxygen atoms in total. The molecule has 1 N–H and O–H groups in total. The van der Waals surface area contributed by atoms with Crippen LogP contribution in [0, 0.1) is 5.92 Å². The Morgan fingerprint density at radius 2 is 2.04 bits per heavy atom. The second-order valence-corrected chi connectivity index (χ2v) is 7.40. The van der Waals surface area contributed by atoms with Crippen LogP contribution in [0.5, 0.6) is 0 Å². The first-order valence-corrected chi connectivity index (χ1v) is 9.15. The number of aryl methyl sites for hydroxylation is 1. The molecule has 1 fully saturated rings. The highest BCUT2D eigenvalue weighted by Gasteiger charge is 2.33. The average molecular weight is 325 g/mol. The highest BCUT2D eigenvalue weighted by molar-refractivity contribution is 5.79. The van der Waals surface area contributed by atoms with E-state index < -0.39 is 0 Å².